The van der Waals surface area contributed by atoms with Crippen LogP contribution < -0.4 is 4.74 Å². The van der Waals surface area contributed by atoms with Crippen molar-refractivity contribution in [3.05, 3.63) is 71.5 Å². The number of benzene rings is 2. The minimum absolute atomic E-state index is 0.0996. The Morgan fingerprint density at radius 3 is 2.39 bits per heavy atom. The Kier molecular flexibility index (Phi) is 9.61. The molecule has 0 N–H and O–H groups in total. The van der Waals surface area contributed by atoms with E-state index < -0.39 is 10.3 Å². The van der Waals surface area contributed by atoms with Crippen LogP contribution in [0, 0.1) is 5.92 Å². The van der Waals surface area contributed by atoms with E-state index in [0.29, 0.717) is 29.3 Å². The molecule has 0 aromatic heterocycles. The van der Waals surface area contributed by atoms with Gasteiger partial charge in [0.25, 0.3) is 0 Å². The molecule has 2 aromatic carbocycles. The molecule has 1 aliphatic carbocycles. The molecule has 0 amide bonds. The fourth-order valence-electron chi connectivity index (χ4n) is 3.38. The molecule has 0 heterocycles. The second kappa shape index (κ2) is 12.6. The average Bonchev–Trinajstić information content (AvgIpc) is 3.50. The molecule has 1 fully saturated rings. The van der Waals surface area contributed by atoms with Gasteiger partial charge in [-0.2, -0.15) is 0 Å². The Labute approximate surface area is 220 Å². The van der Waals surface area contributed by atoms with Gasteiger partial charge in [-0.25, -0.2) is 4.79 Å². The quantitative estimate of drug-likeness (QED) is 0.0908. The molecular formula is C26H28Cl2N2O6. The second-order valence-corrected chi connectivity index (χ2v) is 9.53. The van der Waals surface area contributed by atoms with Crippen LogP contribution in [0.4, 0.5) is 0 Å². The van der Waals surface area contributed by atoms with Gasteiger partial charge in [-0.1, -0.05) is 34.6 Å². The highest BCUT2D eigenvalue weighted by molar-refractivity contribution is 6.50. The van der Waals surface area contributed by atoms with E-state index in [1.165, 1.54) is 27.6 Å². The maximum atomic E-state index is 12.2. The van der Waals surface area contributed by atoms with Crippen LogP contribution in [0.5, 0.6) is 5.75 Å². The molecule has 3 rings (SSSR count). The van der Waals surface area contributed by atoms with Gasteiger partial charge in [-0.05, 0) is 43.2 Å². The SMILES string of the molecule is CO/C=C(/C(=O)OC)c1ccccc1CO/N=C(C)/C(=N/OC)c1ccc(OCC2CC2(Cl)Cl)cc1. The fourth-order valence-corrected chi connectivity index (χ4v) is 3.87. The Morgan fingerprint density at radius 2 is 1.78 bits per heavy atom. The standard InChI is InChI=1S/C26H28Cl2N2O6/c1-17(29-36-14-19-7-5-6-8-22(19)23(16-32-2)25(31)33-3)24(30-34-4)18-9-11-21(12-10-18)35-15-20-13-26(20,27)28/h5-12,16,20H,13-15H2,1-4H3/b23-16+,29-17+,30-24-. The summed E-state index contributed by atoms with van der Waals surface area (Å²) >= 11 is 12.1. The number of methoxy groups -OCH3 is 2. The Hall–Kier alpha value is -3.23. The van der Waals surface area contributed by atoms with Crippen molar-refractivity contribution >= 4 is 46.2 Å². The molecule has 0 spiro atoms. The zero-order valence-corrected chi connectivity index (χ0v) is 22.0. The van der Waals surface area contributed by atoms with Crippen molar-refractivity contribution in [2.45, 2.75) is 24.3 Å². The summed E-state index contributed by atoms with van der Waals surface area (Å²) in [7, 11) is 4.23. The summed E-state index contributed by atoms with van der Waals surface area (Å²) in [5.41, 5.74) is 3.37. The van der Waals surface area contributed by atoms with E-state index in [1.54, 1.807) is 13.0 Å². The summed E-state index contributed by atoms with van der Waals surface area (Å²) < 4.78 is 15.0. The van der Waals surface area contributed by atoms with Crippen molar-refractivity contribution in [3.63, 3.8) is 0 Å². The van der Waals surface area contributed by atoms with Crippen molar-refractivity contribution in [2.24, 2.45) is 16.2 Å². The maximum absolute atomic E-state index is 12.2. The zero-order valence-electron chi connectivity index (χ0n) is 20.5. The summed E-state index contributed by atoms with van der Waals surface area (Å²) in [5, 5.41) is 8.31. The van der Waals surface area contributed by atoms with E-state index in [2.05, 4.69) is 10.3 Å². The molecule has 1 unspecified atom stereocenters. The number of hydrogen-bond donors (Lipinski definition) is 0. The molecule has 192 valence electrons. The van der Waals surface area contributed by atoms with Gasteiger partial charge >= 0.3 is 5.97 Å². The van der Waals surface area contributed by atoms with Gasteiger partial charge < -0.3 is 23.9 Å². The lowest BCUT2D eigenvalue weighted by molar-refractivity contribution is -0.133. The molecule has 0 radical (unpaired) electrons. The van der Waals surface area contributed by atoms with E-state index in [-0.39, 0.29) is 18.1 Å². The molecule has 1 saturated carbocycles. The van der Waals surface area contributed by atoms with E-state index in [1.807, 2.05) is 42.5 Å². The van der Waals surface area contributed by atoms with Gasteiger partial charge in [0.15, 0.2) is 0 Å². The lowest BCUT2D eigenvalue weighted by Crippen LogP contribution is -2.14. The summed E-state index contributed by atoms with van der Waals surface area (Å²) in [6, 6.07) is 14.6. The molecule has 36 heavy (non-hydrogen) atoms. The highest BCUT2D eigenvalue weighted by atomic mass is 35.5. The smallest absolute Gasteiger partial charge is 0.341 e. The lowest BCUT2D eigenvalue weighted by atomic mass is 10.0. The number of ether oxygens (including phenoxy) is 3. The van der Waals surface area contributed by atoms with Crippen LogP contribution in [0.25, 0.3) is 5.57 Å². The molecule has 2 aromatic rings. The van der Waals surface area contributed by atoms with Crippen molar-refractivity contribution < 1.29 is 28.7 Å². The van der Waals surface area contributed by atoms with E-state index in [9.17, 15) is 4.79 Å². The zero-order chi connectivity index (χ0) is 26.1. The first-order chi connectivity index (χ1) is 17.3. The third kappa shape index (κ3) is 7.15. The number of hydrogen-bond acceptors (Lipinski definition) is 8. The first kappa shape index (κ1) is 27.4. The normalized spacial score (nSPS) is 17.3. The number of rotatable bonds is 12. The number of halogens is 2. The van der Waals surface area contributed by atoms with Gasteiger partial charge in [-0.3, -0.25) is 0 Å². The van der Waals surface area contributed by atoms with Gasteiger partial charge in [0.1, 0.15) is 40.8 Å². The molecule has 1 atom stereocenters. The number of carbonyl (C=O) groups is 1. The first-order valence-electron chi connectivity index (χ1n) is 11.1. The van der Waals surface area contributed by atoms with Gasteiger partial charge in [0.2, 0.25) is 0 Å². The number of alkyl halides is 2. The van der Waals surface area contributed by atoms with Crippen LogP contribution in [0.1, 0.15) is 30.0 Å². The second-order valence-electron chi connectivity index (χ2n) is 7.99. The maximum Gasteiger partial charge on any atom is 0.341 e. The number of nitrogens with zero attached hydrogens (tertiary/aromatic N) is 2. The van der Waals surface area contributed by atoms with Crippen LogP contribution in [0.15, 0.2) is 65.1 Å². The summed E-state index contributed by atoms with van der Waals surface area (Å²) in [5.74, 6) is 0.309. The summed E-state index contributed by atoms with van der Waals surface area (Å²) in [4.78, 5) is 22.8. The van der Waals surface area contributed by atoms with E-state index in [4.69, 9.17) is 47.1 Å². The molecule has 0 saturated heterocycles. The first-order valence-corrected chi connectivity index (χ1v) is 11.8. The van der Waals surface area contributed by atoms with Crippen LogP contribution in [-0.4, -0.2) is 49.7 Å². The highest BCUT2D eigenvalue weighted by Crippen LogP contribution is 2.53. The monoisotopic (exact) mass is 534 g/mol. The fraction of sp³-hybridized carbons (Fsp3) is 0.346. The van der Waals surface area contributed by atoms with E-state index in [0.717, 1.165) is 17.5 Å². The van der Waals surface area contributed by atoms with Gasteiger partial charge in [0.05, 0.1) is 27.1 Å². The topological polar surface area (TPSA) is 87.9 Å². The summed E-state index contributed by atoms with van der Waals surface area (Å²) in [6.07, 6.45) is 2.06. The third-order valence-electron chi connectivity index (χ3n) is 5.43. The van der Waals surface area contributed by atoms with Gasteiger partial charge in [-0.15, -0.1) is 23.2 Å². The van der Waals surface area contributed by atoms with Crippen LogP contribution in [0.2, 0.25) is 0 Å². The Bertz CT molecular complexity index is 1150. The Balaban J connectivity index is 1.69. The predicted molar refractivity (Wildman–Crippen MR) is 139 cm³/mol. The van der Waals surface area contributed by atoms with Crippen LogP contribution >= 0.6 is 23.2 Å². The van der Waals surface area contributed by atoms with Crippen molar-refractivity contribution in [1.82, 2.24) is 0 Å². The van der Waals surface area contributed by atoms with Gasteiger partial charge in [0, 0.05) is 17.0 Å². The number of oxime groups is 2. The molecule has 0 bridgehead atoms. The average molecular weight is 535 g/mol. The molecule has 0 aliphatic heterocycles. The molecule has 10 heteroatoms. The minimum Gasteiger partial charge on any atom is -0.503 e. The third-order valence-corrected chi connectivity index (χ3v) is 6.36. The largest absolute Gasteiger partial charge is 0.503 e. The number of carbonyl (C=O) groups excluding carboxylic acids is 1. The molecular weight excluding hydrogens is 507 g/mol. The minimum atomic E-state index is -0.673. The van der Waals surface area contributed by atoms with Crippen molar-refractivity contribution in [2.75, 3.05) is 27.9 Å². The molecule has 8 nitrogen and oxygen atoms in total. The predicted octanol–water partition coefficient (Wildman–Crippen LogP) is 5.36. The van der Waals surface area contributed by atoms with Crippen LogP contribution in [-0.2, 0) is 30.6 Å². The molecule has 1 aliphatic rings. The summed E-state index contributed by atoms with van der Waals surface area (Å²) in [6.45, 7) is 2.31. The van der Waals surface area contributed by atoms with Crippen molar-refractivity contribution in [3.8, 4) is 5.75 Å². The van der Waals surface area contributed by atoms with Crippen molar-refractivity contribution in [1.29, 1.82) is 0 Å². The number of esters is 1. The Morgan fingerprint density at radius 1 is 1.08 bits per heavy atom. The van der Waals surface area contributed by atoms with Crippen LogP contribution in [0.3, 0.4) is 0 Å². The van der Waals surface area contributed by atoms with E-state index >= 15 is 0 Å². The lowest BCUT2D eigenvalue weighted by Gasteiger charge is -2.11. The highest BCUT2D eigenvalue weighted by Gasteiger charge is 2.52.